The molecule has 0 amide bonds. The number of rotatable bonds is 3. The first kappa shape index (κ1) is 9.54. The van der Waals surface area contributed by atoms with E-state index in [9.17, 15) is 14.7 Å². The summed E-state index contributed by atoms with van der Waals surface area (Å²) in [7, 11) is 1.14. The van der Waals surface area contributed by atoms with E-state index >= 15 is 0 Å². The fourth-order valence-corrected chi connectivity index (χ4v) is 0.309. The lowest BCUT2D eigenvalue weighted by Gasteiger charge is -2.00. The van der Waals surface area contributed by atoms with Crippen LogP contribution >= 0.6 is 0 Å². The molecule has 6 nitrogen and oxygen atoms in total. The van der Waals surface area contributed by atoms with E-state index < -0.39 is 12.3 Å². The van der Waals surface area contributed by atoms with Crippen LogP contribution in [0.5, 0.6) is 0 Å². The third kappa shape index (κ3) is 6.42. The van der Waals surface area contributed by atoms with Crippen molar-refractivity contribution >= 4 is 12.3 Å². The minimum Gasteiger partial charge on any atom is -0.438 e. The molecule has 11 heavy (non-hydrogen) atoms. The molecule has 0 spiro atoms. The highest BCUT2D eigenvalue weighted by Crippen LogP contribution is 1.83. The van der Waals surface area contributed by atoms with Crippen LogP contribution in [-0.2, 0) is 19.3 Å². The molecule has 0 aliphatic carbocycles. The smallest absolute Gasteiger partial charge is 0.438 e. The molecule has 0 rings (SSSR count). The minimum absolute atomic E-state index is 0.180. The van der Waals surface area contributed by atoms with Crippen molar-refractivity contribution in [3.05, 3.63) is 0 Å². The fraction of sp³-hybridized carbons (Fsp3) is 0.600. The second-order valence-electron chi connectivity index (χ2n) is 1.40. The number of methoxy groups -OCH3 is 1. The van der Waals surface area contributed by atoms with Gasteiger partial charge in [-0.1, -0.05) is 0 Å². The zero-order chi connectivity index (χ0) is 8.69. The van der Waals surface area contributed by atoms with Gasteiger partial charge in [0.15, 0.2) is 0 Å². The lowest BCUT2D eigenvalue weighted by Crippen LogP contribution is -2.11. The van der Waals surface area contributed by atoms with E-state index in [0.29, 0.717) is 0 Å². The van der Waals surface area contributed by atoms with Crippen LogP contribution in [0.3, 0.4) is 0 Å². The van der Waals surface area contributed by atoms with Crippen molar-refractivity contribution in [3.8, 4) is 0 Å². The Morgan fingerprint density at radius 1 is 1.18 bits per heavy atom. The van der Waals surface area contributed by atoms with Gasteiger partial charge in [0.1, 0.15) is 13.2 Å². The summed E-state index contributed by atoms with van der Waals surface area (Å²) in [6, 6.07) is 0. The molecule has 0 bridgehead atoms. The number of hydrogen-bond donors (Lipinski definition) is 0. The molecule has 0 aromatic carbocycles. The molecule has 0 unspecified atom stereocenters. The predicted molar refractivity (Wildman–Crippen MR) is 30.4 cm³/mol. The molecule has 1 radical (unpaired) electrons. The standard InChI is InChI=1S/C5H7O6/c1-9-5(8)11-3-2-10-4(6)7/h2-3H2,1H3. The highest BCUT2D eigenvalue weighted by atomic mass is 16.7. The third-order valence-electron chi connectivity index (χ3n) is 0.690. The molecule has 6 heteroatoms. The van der Waals surface area contributed by atoms with Crippen LogP contribution in [0.15, 0.2) is 0 Å². The summed E-state index contributed by atoms with van der Waals surface area (Å²) >= 11 is 0. The van der Waals surface area contributed by atoms with Gasteiger partial charge in [0.05, 0.1) is 7.11 Å². The highest BCUT2D eigenvalue weighted by molar-refractivity contribution is 5.59. The third-order valence-corrected chi connectivity index (χ3v) is 0.690. The second kappa shape index (κ2) is 5.33. The number of ether oxygens (including phenoxy) is 3. The molecule has 0 saturated carbocycles. The summed E-state index contributed by atoms with van der Waals surface area (Å²) < 4.78 is 12.3. The van der Waals surface area contributed by atoms with Gasteiger partial charge >= 0.3 is 12.3 Å². The molecule has 63 valence electrons. The van der Waals surface area contributed by atoms with Crippen molar-refractivity contribution in [3.63, 3.8) is 0 Å². The van der Waals surface area contributed by atoms with Gasteiger partial charge < -0.3 is 14.2 Å². The van der Waals surface area contributed by atoms with E-state index in [2.05, 4.69) is 14.2 Å². The van der Waals surface area contributed by atoms with Crippen molar-refractivity contribution < 1.29 is 28.9 Å². The average Bonchev–Trinajstić information content (AvgIpc) is 1.97. The van der Waals surface area contributed by atoms with Crippen LogP contribution in [0.25, 0.3) is 0 Å². The van der Waals surface area contributed by atoms with Crippen LogP contribution in [0, 0.1) is 0 Å². The Morgan fingerprint density at radius 3 is 2.18 bits per heavy atom. The number of carbonyl (C=O) groups is 2. The Hall–Kier alpha value is -1.46. The number of carbonyl (C=O) groups excluding carboxylic acids is 2. The topological polar surface area (TPSA) is 81.7 Å². The lowest BCUT2D eigenvalue weighted by atomic mass is 10.8. The first-order valence-electron chi connectivity index (χ1n) is 2.71. The maximum absolute atomic E-state index is 10.2. The monoisotopic (exact) mass is 163 g/mol. The molecule has 0 aromatic heterocycles. The Morgan fingerprint density at radius 2 is 1.73 bits per heavy atom. The van der Waals surface area contributed by atoms with Crippen molar-refractivity contribution in [1.82, 2.24) is 0 Å². The Kier molecular flexibility index (Phi) is 4.63. The molecule has 0 aliphatic heterocycles. The van der Waals surface area contributed by atoms with Crippen LogP contribution < -0.4 is 0 Å². The van der Waals surface area contributed by atoms with Crippen molar-refractivity contribution in [1.29, 1.82) is 0 Å². The van der Waals surface area contributed by atoms with Gasteiger partial charge in [-0.2, -0.15) is 9.90 Å². The maximum atomic E-state index is 10.2. The zero-order valence-corrected chi connectivity index (χ0v) is 5.86. The predicted octanol–water partition coefficient (Wildman–Crippen LogP) is 0.337. The number of hydrogen-bond acceptors (Lipinski definition) is 5. The molecule has 0 fully saturated rings. The van der Waals surface area contributed by atoms with Gasteiger partial charge in [0, 0.05) is 0 Å². The van der Waals surface area contributed by atoms with Crippen molar-refractivity contribution in [2.24, 2.45) is 0 Å². The van der Waals surface area contributed by atoms with Crippen LogP contribution in [0.4, 0.5) is 9.59 Å². The van der Waals surface area contributed by atoms with E-state index in [1.165, 1.54) is 0 Å². The van der Waals surface area contributed by atoms with Gasteiger partial charge in [-0.05, 0) is 0 Å². The largest absolute Gasteiger partial charge is 0.550 e. The second-order valence-corrected chi connectivity index (χ2v) is 1.40. The summed E-state index contributed by atoms with van der Waals surface area (Å²) in [6.45, 7) is -0.432. The molecular weight excluding hydrogens is 156 g/mol. The van der Waals surface area contributed by atoms with Crippen molar-refractivity contribution in [2.45, 2.75) is 0 Å². The molecule has 0 heterocycles. The Balaban J connectivity index is 3.14. The highest BCUT2D eigenvalue weighted by Gasteiger charge is 2.02. The van der Waals surface area contributed by atoms with E-state index in [4.69, 9.17) is 0 Å². The first-order valence-corrected chi connectivity index (χ1v) is 2.71. The van der Waals surface area contributed by atoms with E-state index in [-0.39, 0.29) is 13.2 Å². The van der Waals surface area contributed by atoms with Gasteiger partial charge in [-0.3, -0.25) is 0 Å². The minimum atomic E-state index is -1.65. The normalized spacial score (nSPS) is 8.45. The molecule has 0 atom stereocenters. The SMILES string of the molecule is COC(=O)OCCOC([O])=O. The summed E-state index contributed by atoms with van der Waals surface area (Å²) in [5.74, 6) is 0. The molecule has 0 saturated heterocycles. The van der Waals surface area contributed by atoms with Crippen LogP contribution in [-0.4, -0.2) is 32.6 Å². The van der Waals surface area contributed by atoms with Crippen molar-refractivity contribution in [2.75, 3.05) is 20.3 Å². The quantitative estimate of drug-likeness (QED) is 0.442. The summed E-state index contributed by atoms with van der Waals surface area (Å²) in [4.78, 5) is 19.8. The molecule has 0 aromatic rings. The Bertz CT molecular complexity index is 142. The fourth-order valence-electron chi connectivity index (χ4n) is 0.309. The van der Waals surface area contributed by atoms with Crippen LogP contribution in [0.2, 0.25) is 0 Å². The summed E-state index contributed by atoms with van der Waals surface area (Å²) in [5, 5.41) is 9.61. The zero-order valence-electron chi connectivity index (χ0n) is 5.86. The van der Waals surface area contributed by atoms with Gasteiger partial charge in [0.25, 0.3) is 0 Å². The molecule has 0 aliphatic rings. The van der Waals surface area contributed by atoms with Gasteiger partial charge in [-0.25, -0.2) is 4.79 Å². The van der Waals surface area contributed by atoms with E-state index in [1.807, 2.05) is 0 Å². The lowest BCUT2D eigenvalue weighted by molar-refractivity contribution is 0.0295. The average molecular weight is 163 g/mol. The van der Waals surface area contributed by atoms with E-state index in [1.54, 1.807) is 0 Å². The van der Waals surface area contributed by atoms with Crippen LogP contribution in [0.1, 0.15) is 0 Å². The summed E-state index contributed by atoms with van der Waals surface area (Å²) in [5.41, 5.74) is 0. The van der Waals surface area contributed by atoms with Gasteiger partial charge in [0.2, 0.25) is 0 Å². The molecule has 0 N–H and O–H groups in total. The van der Waals surface area contributed by atoms with Gasteiger partial charge in [-0.15, -0.1) is 0 Å². The maximum Gasteiger partial charge on any atom is 0.550 e. The first-order chi connectivity index (χ1) is 5.16. The Labute approximate surface area is 62.7 Å². The summed E-state index contributed by atoms with van der Waals surface area (Å²) in [6.07, 6.45) is -2.54. The molecular formula is C5H7O6. The van der Waals surface area contributed by atoms with E-state index in [0.717, 1.165) is 7.11 Å².